The van der Waals surface area contributed by atoms with Crippen LogP contribution in [0.2, 0.25) is 0 Å². The number of amides is 1. The second-order valence-electron chi connectivity index (χ2n) is 4.86. The lowest BCUT2D eigenvalue weighted by molar-refractivity contribution is -0.384. The van der Waals surface area contributed by atoms with Crippen molar-refractivity contribution in [2.24, 2.45) is 0 Å². The molecule has 1 aromatic carbocycles. The summed E-state index contributed by atoms with van der Waals surface area (Å²) in [5, 5.41) is 22.7. The van der Waals surface area contributed by atoms with Gasteiger partial charge in [0.1, 0.15) is 6.54 Å². The Morgan fingerprint density at radius 2 is 2.17 bits per heavy atom. The molecular formula is C14H15N3O6. The van der Waals surface area contributed by atoms with Gasteiger partial charge in [0.05, 0.1) is 11.5 Å². The van der Waals surface area contributed by atoms with Crippen LogP contribution in [0.3, 0.4) is 0 Å². The van der Waals surface area contributed by atoms with Crippen molar-refractivity contribution in [2.45, 2.75) is 12.6 Å². The normalized spacial score (nSPS) is 12.0. The average molecular weight is 321 g/mol. The first-order valence-electron chi connectivity index (χ1n) is 6.66. The number of fused-ring (bicyclic) bond motifs is 1. The van der Waals surface area contributed by atoms with Crippen molar-refractivity contribution in [3.63, 3.8) is 0 Å². The average Bonchev–Trinajstić information content (AvgIpc) is 2.89. The number of carbonyl (C=O) groups is 2. The number of rotatable bonds is 7. The third-order valence-corrected chi connectivity index (χ3v) is 3.25. The highest BCUT2D eigenvalue weighted by molar-refractivity contribution is 5.87. The molecule has 0 saturated heterocycles. The molecule has 0 spiro atoms. The van der Waals surface area contributed by atoms with Crippen LogP contribution in [0.25, 0.3) is 10.9 Å². The monoisotopic (exact) mass is 321 g/mol. The van der Waals surface area contributed by atoms with Crippen molar-refractivity contribution >= 4 is 28.5 Å². The fourth-order valence-electron chi connectivity index (χ4n) is 2.18. The van der Waals surface area contributed by atoms with Gasteiger partial charge in [-0.1, -0.05) is 0 Å². The number of hydrogen-bond donors (Lipinski definition) is 2. The zero-order valence-electron chi connectivity index (χ0n) is 12.3. The highest BCUT2D eigenvalue weighted by atomic mass is 16.6. The molecule has 2 aromatic rings. The van der Waals surface area contributed by atoms with Crippen LogP contribution < -0.4 is 5.32 Å². The molecule has 9 nitrogen and oxygen atoms in total. The van der Waals surface area contributed by atoms with Crippen molar-refractivity contribution in [2.75, 3.05) is 13.7 Å². The van der Waals surface area contributed by atoms with Gasteiger partial charge in [-0.2, -0.15) is 0 Å². The topological polar surface area (TPSA) is 124 Å². The molecule has 0 radical (unpaired) electrons. The third kappa shape index (κ3) is 3.83. The second-order valence-corrected chi connectivity index (χ2v) is 4.86. The first kappa shape index (κ1) is 16.4. The molecule has 0 aliphatic rings. The minimum atomic E-state index is -1.19. The van der Waals surface area contributed by atoms with Crippen LogP contribution in [0.15, 0.2) is 30.5 Å². The number of ether oxygens (including phenoxy) is 1. The van der Waals surface area contributed by atoms with E-state index in [0.29, 0.717) is 10.9 Å². The third-order valence-electron chi connectivity index (χ3n) is 3.25. The summed E-state index contributed by atoms with van der Waals surface area (Å²) in [7, 11) is 1.34. The lowest BCUT2D eigenvalue weighted by Gasteiger charge is -2.14. The predicted molar refractivity (Wildman–Crippen MR) is 80.0 cm³/mol. The minimum Gasteiger partial charge on any atom is -0.480 e. The summed E-state index contributed by atoms with van der Waals surface area (Å²) in [6, 6.07) is 4.83. The van der Waals surface area contributed by atoms with Crippen LogP contribution in [-0.2, 0) is 20.9 Å². The van der Waals surface area contributed by atoms with Gasteiger partial charge < -0.3 is 19.7 Å². The zero-order chi connectivity index (χ0) is 17.0. The Labute approximate surface area is 130 Å². The number of nitrogens with zero attached hydrogens (tertiary/aromatic N) is 2. The lowest BCUT2D eigenvalue weighted by Crippen LogP contribution is -2.45. The smallest absolute Gasteiger partial charge is 0.328 e. The van der Waals surface area contributed by atoms with Gasteiger partial charge in [0, 0.05) is 36.3 Å². The maximum absolute atomic E-state index is 12.0. The molecule has 1 atom stereocenters. The van der Waals surface area contributed by atoms with Crippen molar-refractivity contribution in [1.82, 2.24) is 9.88 Å². The van der Waals surface area contributed by atoms with Gasteiger partial charge in [-0.3, -0.25) is 14.9 Å². The van der Waals surface area contributed by atoms with Crippen molar-refractivity contribution < 1.29 is 24.4 Å². The Hall–Kier alpha value is -2.94. The Kier molecular flexibility index (Phi) is 4.91. The van der Waals surface area contributed by atoms with Crippen molar-refractivity contribution in [3.05, 3.63) is 40.6 Å². The maximum atomic E-state index is 12.0. The van der Waals surface area contributed by atoms with E-state index in [1.807, 2.05) is 0 Å². The quantitative estimate of drug-likeness (QED) is 0.573. The Morgan fingerprint density at radius 1 is 1.43 bits per heavy atom. The highest BCUT2D eigenvalue weighted by Crippen LogP contribution is 2.21. The number of aliphatic carboxylic acids is 1. The fraction of sp³-hybridized carbons (Fsp3) is 0.286. The number of carboxylic acid groups (broad SMARTS) is 1. The van der Waals surface area contributed by atoms with E-state index in [2.05, 4.69) is 5.32 Å². The molecule has 2 N–H and O–H groups in total. The standard InChI is InChI=1S/C14H15N3O6/c1-23-8-11(14(19)20)15-13(18)7-16-5-4-9-6-10(17(21)22)2-3-12(9)16/h2-6,11H,7-8H2,1H3,(H,15,18)(H,19,20). The Balaban J connectivity index is 2.13. The van der Waals surface area contributed by atoms with E-state index in [1.54, 1.807) is 22.9 Å². The summed E-state index contributed by atoms with van der Waals surface area (Å²) < 4.78 is 6.32. The van der Waals surface area contributed by atoms with Gasteiger partial charge in [-0.05, 0) is 12.1 Å². The Morgan fingerprint density at radius 3 is 2.78 bits per heavy atom. The van der Waals surface area contributed by atoms with Crippen LogP contribution in [-0.4, -0.2) is 46.2 Å². The molecule has 0 saturated carbocycles. The minimum absolute atomic E-state index is 0.0364. The summed E-state index contributed by atoms with van der Waals surface area (Å²) in [6.45, 7) is -0.242. The Bertz CT molecular complexity index is 754. The number of nitrogens with one attached hydrogen (secondary N) is 1. The van der Waals surface area contributed by atoms with Gasteiger partial charge in [0.2, 0.25) is 5.91 Å². The number of nitro benzene ring substituents is 1. The first-order chi connectivity index (χ1) is 10.9. The summed E-state index contributed by atoms with van der Waals surface area (Å²) in [5.74, 6) is -1.68. The van der Waals surface area contributed by atoms with E-state index < -0.39 is 22.8 Å². The lowest BCUT2D eigenvalue weighted by atomic mass is 10.2. The van der Waals surface area contributed by atoms with Crippen LogP contribution >= 0.6 is 0 Å². The molecule has 0 aliphatic heterocycles. The second kappa shape index (κ2) is 6.88. The molecule has 9 heteroatoms. The van der Waals surface area contributed by atoms with E-state index in [4.69, 9.17) is 9.84 Å². The van der Waals surface area contributed by atoms with Crippen LogP contribution in [0.1, 0.15) is 0 Å². The van der Waals surface area contributed by atoms with Gasteiger partial charge in [0.25, 0.3) is 5.69 Å². The molecule has 1 aromatic heterocycles. The molecule has 0 aliphatic carbocycles. The van der Waals surface area contributed by atoms with Gasteiger partial charge >= 0.3 is 5.97 Å². The molecular weight excluding hydrogens is 306 g/mol. The van der Waals surface area contributed by atoms with Crippen LogP contribution in [0.4, 0.5) is 5.69 Å². The van der Waals surface area contributed by atoms with Crippen molar-refractivity contribution in [1.29, 1.82) is 0 Å². The molecule has 1 unspecified atom stereocenters. The van der Waals surface area contributed by atoms with E-state index in [-0.39, 0.29) is 18.8 Å². The van der Waals surface area contributed by atoms with E-state index in [1.165, 1.54) is 19.2 Å². The maximum Gasteiger partial charge on any atom is 0.328 e. The number of carbonyl (C=O) groups excluding carboxylic acids is 1. The number of benzene rings is 1. The van der Waals surface area contributed by atoms with Crippen molar-refractivity contribution in [3.8, 4) is 0 Å². The summed E-state index contributed by atoms with van der Waals surface area (Å²) in [5.41, 5.74) is 0.607. The van der Waals surface area contributed by atoms with E-state index >= 15 is 0 Å². The van der Waals surface area contributed by atoms with Crippen LogP contribution in [0, 0.1) is 10.1 Å². The number of methoxy groups -OCH3 is 1. The number of nitro groups is 1. The molecule has 122 valence electrons. The zero-order valence-corrected chi connectivity index (χ0v) is 12.3. The molecule has 1 heterocycles. The van der Waals surface area contributed by atoms with Gasteiger partial charge in [-0.25, -0.2) is 4.79 Å². The summed E-state index contributed by atoms with van der Waals surface area (Å²) >= 11 is 0. The fourth-order valence-corrected chi connectivity index (χ4v) is 2.18. The number of non-ortho nitro benzene ring substituents is 1. The van der Waals surface area contributed by atoms with Gasteiger partial charge in [-0.15, -0.1) is 0 Å². The summed E-state index contributed by atoms with van der Waals surface area (Å²) in [6.07, 6.45) is 1.61. The van der Waals surface area contributed by atoms with E-state index in [9.17, 15) is 19.7 Å². The van der Waals surface area contributed by atoms with Crippen LogP contribution in [0.5, 0.6) is 0 Å². The number of aromatic nitrogens is 1. The molecule has 0 bridgehead atoms. The molecule has 2 rings (SSSR count). The molecule has 23 heavy (non-hydrogen) atoms. The number of hydrogen-bond acceptors (Lipinski definition) is 5. The largest absolute Gasteiger partial charge is 0.480 e. The first-order valence-corrected chi connectivity index (χ1v) is 6.66. The highest BCUT2D eigenvalue weighted by Gasteiger charge is 2.20. The molecule has 1 amide bonds. The summed E-state index contributed by atoms with van der Waals surface area (Å²) in [4.78, 5) is 33.2. The van der Waals surface area contributed by atoms with Gasteiger partial charge in [0.15, 0.2) is 6.04 Å². The van der Waals surface area contributed by atoms with E-state index in [0.717, 1.165) is 0 Å². The predicted octanol–water partition coefficient (Wildman–Crippen LogP) is 0.765. The SMILES string of the molecule is COCC(NC(=O)Cn1ccc2cc([N+](=O)[O-])ccc21)C(=O)O. The molecule has 0 fully saturated rings. The number of carboxylic acids is 1.